The summed E-state index contributed by atoms with van der Waals surface area (Å²) in [6.07, 6.45) is 4.33. The summed E-state index contributed by atoms with van der Waals surface area (Å²) in [5.41, 5.74) is 1.38. The Kier molecular flexibility index (Phi) is 7.49. The lowest BCUT2D eigenvalue weighted by atomic mass is 9.87. The average Bonchev–Trinajstić information content (AvgIpc) is 2.62. The highest BCUT2D eigenvalue weighted by molar-refractivity contribution is 7.89. The number of rotatable bonds is 8. The molecule has 1 saturated carbocycles. The predicted octanol–water partition coefficient (Wildman–Crippen LogP) is 2.48. The van der Waals surface area contributed by atoms with Gasteiger partial charge in [0.15, 0.2) is 0 Å². The Labute approximate surface area is 163 Å². The monoisotopic (exact) mass is 396 g/mol. The Balaban J connectivity index is 2.05. The molecule has 152 valence electrons. The van der Waals surface area contributed by atoms with Crippen LogP contribution < -0.4 is 16.0 Å². The van der Waals surface area contributed by atoms with Gasteiger partial charge >= 0.3 is 0 Å². The van der Waals surface area contributed by atoms with Crippen LogP contribution in [0.4, 0.5) is 11.4 Å². The number of carbonyl (C=O) groups is 1. The quantitative estimate of drug-likeness (QED) is 0.628. The van der Waals surface area contributed by atoms with Crippen molar-refractivity contribution >= 4 is 27.3 Å². The van der Waals surface area contributed by atoms with E-state index in [9.17, 15) is 13.2 Å². The van der Waals surface area contributed by atoms with Gasteiger partial charge in [-0.15, -0.1) is 0 Å². The fourth-order valence-corrected chi connectivity index (χ4v) is 4.17. The molecule has 0 aliphatic heterocycles. The fourth-order valence-electron chi connectivity index (χ4n) is 3.24. The van der Waals surface area contributed by atoms with Gasteiger partial charge in [0.2, 0.25) is 15.9 Å². The van der Waals surface area contributed by atoms with Crippen LogP contribution in [0.5, 0.6) is 0 Å². The van der Waals surface area contributed by atoms with Crippen molar-refractivity contribution in [2.24, 2.45) is 5.92 Å². The van der Waals surface area contributed by atoms with Gasteiger partial charge < -0.3 is 16.0 Å². The van der Waals surface area contributed by atoms with Gasteiger partial charge in [-0.2, -0.15) is 0 Å². The van der Waals surface area contributed by atoms with E-state index in [1.54, 1.807) is 18.2 Å². The van der Waals surface area contributed by atoms with E-state index in [1.165, 1.54) is 18.4 Å². The maximum Gasteiger partial charge on any atom is 0.242 e. The molecule has 1 aliphatic carbocycles. The van der Waals surface area contributed by atoms with Crippen LogP contribution in [0.2, 0.25) is 0 Å². The second-order valence-electron chi connectivity index (χ2n) is 7.40. The van der Waals surface area contributed by atoms with Crippen molar-refractivity contribution in [3.63, 3.8) is 0 Å². The summed E-state index contributed by atoms with van der Waals surface area (Å²) in [6, 6.07) is 5.11. The lowest BCUT2D eigenvalue weighted by Gasteiger charge is -2.27. The van der Waals surface area contributed by atoms with Crippen molar-refractivity contribution in [2.75, 3.05) is 37.8 Å². The lowest BCUT2D eigenvalue weighted by Crippen LogP contribution is -2.40. The maximum absolute atomic E-state index is 12.4. The molecule has 3 N–H and O–H groups in total. The van der Waals surface area contributed by atoms with E-state index in [0.29, 0.717) is 12.2 Å². The second-order valence-corrected chi connectivity index (χ2v) is 9.55. The number of anilines is 2. The van der Waals surface area contributed by atoms with E-state index in [0.717, 1.165) is 37.3 Å². The van der Waals surface area contributed by atoms with Crippen molar-refractivity contribution in [3.05, 3.63) is 18.2 Å². The highest BCUT2D eigenvalue weighted by Crippen LogP contribution is 2.27. The van der Waals surface area contributed by atoms with Crippen molar-refractivity contribution in [1.82, 2.24) is 9.62 Å². The van der Waals surface area contributed by atoms with Gasteiger partial charge in [0.25, 0.3) is 0 Å². The van der Waals surface area contributed by atoms with Crippen LogP contribution in [0, 0.1) is 5.92 Å². The van der Waals surface area contributed by atoms with E-state index in [4.69, 9.17) is 0 Å². The molecule has 1 aromatic carbocycles. The van der Waals surface area contributed by atoms with Gasteiger partial charge in [0.05, 0.1) is 22.8 Å². The summed E-state index contributed by atoms with van der Waals surface area (Å²) in [4.78, 5) is 12.5. The van der Waals surface area contributed by atoms with E-state index < -0.39 is 10.0 Å². The number of benzene rings is 1. The standard InChI is InChI=1S/C19H32N4O3S/c1-5-20-17-11-10-16(27(25,26)23(3)4)12-18(17)21-13-19(24)22-15-8-6-14(2)7-9-15/h10-12,14-15,20-21H,5-9,13H2,1-4H3,(H,22,24). The third kappa shape index (κ3) is 5.84. The van der Waals surface area contributed by atoms with Crippen molar-refractivity contribution in [3.8, 4) is 0 Å². The Morgan fingerprint density at radius 2 is 1.78 bits per heavy atom. The van der Waals surface area contributed by atoms with Gasteiger partial charge in [-0.25, -0.2) is 12.7 Å². The van der Waals surface area contributed by atoms with Gasteiger partial charge in [0.1, 0.15) is 0 Å². The molecular formula is C19H32N4O3S. The van der Waals surface area contributed by atoms with Crippen molar-refractivity contribution < 1.29 is 13.2 Å². The predicted molar refractivity (Wildman–Crippen MR) is 110 cm³/mol. The molecule has 0 unspecified atom stereocenters. The molecule has 1 aliphatic rings. The Bertz CT molecular complexity index is 741. The minimum atomic E-state index is -3.53. The summed E-state index contributed by atoms with van der Waals surface area (Å²) < 4.78 is 25.9. The normalized spacial score (nSPS) is 20.3. The van der Waals surface area contributed by atoms with E-state index in [-0.39, 0.29) is 23.4 Å². The summed E-state index contributed by atoms with van der Waals surface area (Å²) in [6.45, 7) is 5.01. The van der Waals surface area contributed by atoms with Crippen molar-refractivity contribution in [2.45, 2.75) is 50.5 Å². The summed E-state index contributed by atoms with van der Waals surface area (Å²) in [7, 11) is -0.534. The van der Waals surface area contributed by atoms with Gasteiger partial charge in [-0.1, -0.05) is 6.92 Å². The Morgan fingerprint density at radius 3 is 2.37 bits per heavy atom. The molecule has 1 aromatic rings. The van der Waals surface area contributed by atoms with Crippen LogP contribution >= 0.6 is 0 Å². The van der Waals surface area contributed by atoms with Crippen molar-refractivity contribution in [1.29, 1.82) is 0 Å². The number of nitrogens with zero attached hydrogens (tertiary/aromatic N) is 1. The number of amides is 1. The van der Waals surface area contributed by atoms with Crippen LogP contribution in [0.15, 0.2) is 23.1 Å². The highest BCUT2D eigenvalue weighted by Gasteiger charge is 2.21. The minimum Gasteiger partial charge on any atom is -0.384 e. The molecule has 2 rings (SSSR count). The van der Waals surface area contributed by atoms with Gasteiger partial charge in [0, 0.05) is 26.7 Å². The smallest absolute Gasteiger partial charge is 0.242 e. The first-order chi connectivity index (χ1) is 12.7. The summed E-state index contributed by atoms with van der Waals surface area (Å²) in [5.74, 6) is 0.665. The zero-order valence-electron chi connectivity index (χ0n) is 16.7. The number of nitrogens with one attached hydrogen (secondary N) is 3. The first-order valence-corrected chi connectivity index (χ1v) is 11.0. The van der Waals surface area contributed by atoms with E-state index in [1.807, 2.05) is 6.92 Å². The first kappa shape index (κ1) is 21.5. The minimum absolute atomic E-state index is 0.0714. The number of hydrogen-bond donors (Lipinski definition) is 3. The van der Waals surface area contributed by atoms with Crippen LogP contribution in [-0.4, -0.2) is 51.9 Å². The SMILES string of the molecule is CCNc1ccc(S(=O)(=O)N(C)C)cc1NCC(=O)NC1CCC(C)CC1. The van der Waals surface area contributed by atoms with Gasteiger partial charge in [-0.05, 0) is 56.7 Å². The second kappa shape index (κ2) is 9.41. The van der Waals surface area contributed by atoms with Gasteiger partial charge in [-0.3, -0.25) is 4.79 Å². The highest BCUT2D eigenvalue weighted by atomic mass is 32.2. The molecule has 0 aromatic heterocycles. The maximum atomic E-state index is 12.4. The Hall–Kier alpha value is -1.80. The first-order valence-electron chi connectivity index (χ1n) is 9.57. The molecular weight excluding hydrogens is 364 g/mol. The zero-order valence-corrected chi connectivity index (χ0v) is 17.5. The van der Waals surface area contributed by atoms with Crippen LogP contribution in [0.25, 0.3) is 0 Å². The van der Waals surface area contributed by atoms with E-state index >= 15 is 0 Å². The molecule has 0 radical (unpaired) electrons. The summed E-state index contributed by atoms with van der Waals surface area (Å²) in [5, 5.41) is 9.36. The van der Waals surface area contributed by atoms with E-state index in [2.05, 4.69) is 22.9 Å². The largest absolute Gasteiger partial charge is 0.384 e. The molecule has 1 fully saturated rings. The Morgan fingerprint density at radius 1 is 1.11 bits per heavy atom. The molecule has 0 spiro atoms. The van der Waals surface area contributed by atoms with Crippen LogP contribution in [0.3, 0.4) is 0 Å². The molecule has 27 heavy (non-hydrogen) atoms. The number of sulfonamides is 1. The molecule has 0 heterocycles. The third-order valence-electron chi connectivity index (χ3n) is 4.96. The fraction of sp³-hybridized carbons (Fsp3) is 0.632. The zero-order chi connectivity index (χ0) is 20.0. The number of carbonyl (C=O) groups excluding carboxylic acids is 1. The molecule has 7 nitrogen and oxygen atoms in total. The number of hydrogen-bond acceptors (Lipinski definition) is 5. The lowest BCUT2D eigenvalue weighted by molar-refractivity contribution is -0.120. The molecule has 0 atom stereocenters. The topological polar surface area (TPSA) is 90.5 Å². The summed E-state index contributed by atoms with van der Waals surface area (Å²) >= 11 is 0. The third-order valence-corrected chi connectivity index (χ3v) is 6.77. The van der Waals surface area contributed by atoms with Crippen LogP contribution in [0.1, 0.15) is 39.5 Å². The molecule has 8 heteroatoms. The average molecular weight is 397 g/mol. The molecule has 0 bridgehead atoms. The molecule has 0 saturated heterocycles. The molecule has 1 amide bonds. The van der Waals surface area contributed by atoms with Crippen LogP contribution in [-0.2, 0) is 14.8 Å².